The van der Waals surface area contributed by atoms with Gasteiger partial charge in [-0.3, -0.25) is 0 Å². The Kier molecular flexibility index (Phi) is 2.76. The lowest BCUT2D eigenvalue weighted by Crippen LogP contribution is -2.27. The smallest absolute Gasteiger partial charge is 0.158 e. The molecule has 1 aromatic rings. The van der Waals surface area contributed by atoms with Crippen LogP contribution in [0.4, 0.5) is 0 Å². The third-order valence-electron chi connectivity index (χ3n) is 1.55. The maximum absolute atomic E-state index is 9.21. The van der Waals surface area contributed by atoms with Crippen LogP contribution in [-0.4, -0.2) is 42.2 Å². The number of nitrogens with zero attached hydrogens (tertiary/aromatic N) is 2. The molecule has 1 aromatic carbocycles. The Hall–Kier alpha value is -1.55. The first-order valence-corrected chi connectivity index (χ1v) is 4.27. The highest BCUT2D eigenvalue weighted by Crippen LogP contribution is 2.24. The van der Waals surface area contributed by atoms with Crippen LogP contribution in [0.1, 0.15) is 5.56 Å². The Balaban J connectivity index is 2.89. The molecule has 0 saturated heterocycles. The van der Waals surface area contributed by atoms with Crippen LogP contribution >= 0.6 is 0 Å². The molecule has 0 fully saturated rings. The van der Waals surface area contributed by atoms with E-state index in [-0.39, 0.29) is 11.5 Å². The quantitative estimate of drug-likeness (QED) is 0.322. The number of phenols is 2. The van der Waals surface area contributed by atoms with Gasteiger partial charge in [-0.15, -0.1) is 0 Å². The van der Waals surface area contributed by atoms with Crippen LogP contribution < -0.4 is 0 Å². The molecular formula is C10H15N2O2+. The van der Waals surface area contributed by atoms with E-state index in [0.29, 0.717) is 4.59 Å². The number of phenolic OH excluding ortho intramolecular Hbond substituents is 2. The number of aromatic hydroxyl groups is 2. The average Bonchev–Trinajstić information content (AvgIpc) is 2.06. The number of hydrogen-bond acceptors (Lipinski definition) is 3. The van der Waals surface area contributed by atoms with Crippen LogP contribution in [0.3, 0.4) is 0 Å². The van der Waals surface area contributed by atoms with Gasteiger partial charge in [0.05, 0.1) is 27.4 Å². The van der Waals surface area contributed by atoms with Gasteiger partial charge in [-0.1, -0.05) is 5.10 Å². The molecule has 0 unspecified atom stereocenters. The molecule has 0 saturated carbocycles. The standard InChI is InChI=1S/C10H14N2O2/c1-12(2,3)11-7-8-4-5-9(13)10(14)6-8/h4-7H,1-3H3,(H-,11,13,14)/p+1. The summed E-state index contributed by atoms with van der Waals surface area (Å²) in [6, 6.07) is 4.59. The Bertz CT molecular complexity index is 354. The minimum absolute atomic E-state index is 0.118. The topological polar surface area (TPSA) is 52.8 Å². The van der Waals surface area contributed by atoms with Gasteiger partial charge in [0.1, 0.15) is 0 Å². The highest BCUT2D eigenvalue weighted by Gasteiger charge is 2.03. The summed E-state index contributed by atoms with van der Waals surface area (Å²) in [5.41, 5.74) is 0.758. The van der Waals surface area contributed by atoms with Crippen molar-refractivity contribution in [3.63, 3.8) is 0 Å². The second-order valence-electron chi connectivity index (χ2n) is 3.93. The van der Waals surface area contributed by atoms with Gasteiger partial charge in [0, 0.05) is 5.56 Å². The Morgan fingerprint density at radius 2 is 1.79 bits per heavy atom. The molecule has 0 atom stereocenters. The predicted molar refractivity (Wildman–Crippen MR) is 55.4 cm³/mol. The monoisotopic (exact) mass is 195 g/mol. The number of rotatable bonds is 2. The van der Waals surface area contributed by atoms with Crippen LogP contribution in [0.15, 0.2) is 23.3 Å². The van der Waals surface area contributed by atoms with Gasteiger partial charge in [-0.2, -0.15) is 0 Å². The number of benzene rings is 1. The van der Waals surface area contributed by atoms with Crippen molar-refractivity contribution in [2.45, 2.75) is 0 Å². The maximum atomic E-state index is 9.21. The summed E-state index contributed by atoms with van der Waals surface area (Å²) in [7, 11) is 5.78. The summed E-state index contributed by atoms with van der Waals surface area (Å²) >= 11 is 0. The molecule has 0 spiro atoms. The van der Waals surface area contributed by atoms with Crippen molar-refractivity contribution in [1.82, 2.24) is 0 Å². The van der Waals surface area contributed by atoms with E-state index >= 15 is 0 Å². The van der Waals surface area contributed by atoms with Crippen molar-refractivity contribution < 1.29 is 14.8 Å². The maximum Gasteiger partial charge on any atom is 0.158 e. The molecule has 76 valence electrons. The Morgan fingerprint density at radius 3 is 2.29 bits per heavy atom. The van der Waals surface area contributed by atoms with E-state index in [4.69, 9.17) is 5.11 Å². The van der Waals surface area contributed by atoms with Crippen molar-refractivity contribution in [1.29, 1.82) is 0 Å². The minimum atomic E-state index is -0.129. The molecular weight excluding hydrogens is 180 g/mol. The molecule has 1 rings (SSSR count). The molecule has 4 heteroatoms. The van der Waals surface area contributed by atoms with E-state index in [1.165, 1.54) is 12.1 Å². The molecule has 4 nitrogen and oxygen atoms in total. The fourth-order valence-electron chi connectivity index (χ4n) is 0.861. The number of quaternary nitrogens is 1. The van der Waals surface area contributed by atoms with Gasteiger partial charge in [0.25, 0.3) is 0 Å². The molecule has 0 aliphatic carbocycles. The van der Waals surface area contributed by atoms with E-state index in [1.807, 2.05) is 21.1 Å². The second-order valence-corrected chi connectivity index (χ2v) is 3.93. The lowest BCUT2D eigenvalue weighted by atomic mass is 10.2. The zero-order valence-corrected chi connectivity index (χ0v) is 8.60. The lowest BCUT2D eigenvalue weighted by Gasteiger charge is -2.14. The van der Waals surface area contributed by atoms with Gasteiger partial charge < -0.3 is 10.2 Å². The van der Waals surface area contributed by atoms with Crippen LogP contribution in [0, 0.1) is 0 Å². The summed E-state index contributed by atoms with van der Waals surface area (Å²) < 4.78 is 0.460. The molecule has 14 heavy (non-hydrogen) atoms. The summed E-state index contributed by atoms with van der Waals surface area (Å²) in [5.74, 6) is -0.247. The molecule has 0 bridgehead atoms. The van der Waals surface area contributed by atoms with E-state index < -0.39 is 0 Å². The average molecular weight is 195 g/mol. The first-order valence-electron chi connectivity index (χ1n) is 4.27. The molecule has 0 heterocycles. The van der Waals surface area contributed by atoms with Gasteiger partial charge in [0.15, 0.2) is 11.5 Å². The summed E-state index contributed by atoms with van der Waals surface area (Å²) in [5, 5.41) is 22.5. The van der Waals surface area contributed by atoms with Gasteiger partial charge in [-0.25, -0.2) is 4.59 Å². The minimum Gasteiger partial charge on any atom is -0.504 e. The van der Waals surface area contributed by atoms with Crippen molar-refractivity contribution in [2.24, 2.45) is 5.10 Å². The predicted octanol–water partition coefficient (Wildman–Crippen LogP) is 1.14. The second kappa shape index (κ2) is 3.67. The van der Waals surface area contributed by atoms with Crippen LogP contribution in [0.25, 0.3) is 0 Å². The summed E-state index contributed by atoms with van der Waals surface area (Å²) in [6.07, 6.45) is 1.65. The molecule has 2 N–H and O–H groups in total. The van der Waals surface area contributed by atoms with Gasteiger partial charge in [0.2, 0.25) is 0 Å². The fourth-order valence-corrected chi connectivity index (χ4v) is 0.861. The zero-order valence-electron chi connectivity index (χ0n) is 8.60. The Labute approximate surface area is 83.3 Å². The lowest BCUT2D eigenvalue weighted by molar-refractivity contribution is -0.876. The van der Waals surface area contributed by atoms with Crippen molar-refractivity contribution in [3.8, 4) is 11.5 Å². The first kappa shape index (κ1) is 10.5. The molecule has 0 radical (unpaired) electrons. The fraction of sp³-hybridized carbons (Fsp3) is 0.300. The van der Waals surface area contributed by atoms with Gasteiger partial charge in [-0.05, 0) is 18.2 Å². The summed E-state index contributed by atoms with van der Waals surface area (Å²) in [6.45, 7) is 0. The molecule has 0 amide bonds. The Morgan fingerprint density at radius 1 is 1.14 bits per heavy atom. The normalized spacial score (nSPS) is 12.2. The van der Waals surface area contributed by atoms with E-state index in [2.05, 4.69) is 5.10 Å². The molecule has 0 aliphatic heterocycles. The number of hydrogen-bond donors (Lipinski definition) is 2. The first-order chi connectivity index (χ1) is 6.38. The van der Waals surface area contributed by atoms with E-state index in [9.17, 15) is 5.11 Å². The van der Waals surface area contributed by atoms with Crippen molar-refractivity contribution in [3.05, 3.63) is 23.8 Å². The SMILES string of the molecule is C[N+](C)(C)/N=C/c1ccc(O)c(O)c1. The zero-order chi connectivity index (χ0) is 10.8. The van der Waals surface area contributed by atoms with Crippen molar-refractivity contribution in [2.75, 3.05) is 21.1 Å². The molecule has 0 aromatic heterocycles. The largest absolute Gasteiger partial charge is 0.504 e. The van der Waals surface area contributed by atoms with Crippen LogP contribution in [0.5, 0.6) is 11.5 Å². The van der Waals surface area contributed by atoms with Crippen LogP contribution in [0.2, 0.25) is 0 Å². The van der Waals surface area contributed by atoms with Gasteiger partial charge >= 0.3 is 0 Å². The van der Waals surface area contributed by atoms with Crippen molar-refractivity contribution >= 4 is 6.21 Å². The highest BCUT2D eigenvalue weighted by atomic mass is 16.3. The summed E-state index contributed by atoms with van der Waals surface area (Å²) in [4.78, 5) is 0. The van der Waals surface area contributed by atoms with E-state index in [1.54, 1.807) is 12.3 Å². The van der Waals surface area contributed by atoms with E-state index in [0.717, 1.165) is 5.56 Å². The molecule has 0 aliphatic rings. The van der Waals surface area contributed by atoms with Crippen LogP contribution in [-0.2, 0) is 0 Å². The highest BCUT2D eigenvalue weighted by molar-refractivity contribution is 5.80. The third-order valence-corrected chi connectivity index (χ3v) is 1.55. The third kappa shape index (κ3) is 3.06.